The SMILES string of the molecule is Cc1ccc(COc2ccccc2/C=C/C(=O)ON2C(=O)CCC2=O)cc1. The summed E-state index contributed by atoms with van der Waals surface area (Å²) in [5.74, 6) is -1.21. The third-order valence-electron chi connectivity index (χ3n) is 4.02. The van der Waals surface area contributed by atoms with Crippen molar-refractivity contribution in [1.82, 2.24) is 5.06 Å². The first-order valence-electron chi connectivity index (χ1n) is 8.56. The second-order valence-electron chi connectivity index (χ2n) is 6.14. The van der Waals surface area contributed by atoms with Gasteiger partial charge in [-0.3, -0.25) is 9.59 Å². The summed E-state index contributed by atoms with van der Waals surface area (Å²) >= 11 is 0. The molecule has 1 aliphatic heterocycles. The van der Waals surface area contributed by atoms with Crippen molar-refractivity contribution in [1.29, 1.82) is 0 Å². The van der Waals surface area contributed by atoms with E-state index in [1.807, 2.05) is 43.3 Å². The number of para-hydroxylation sites is 1. The van der Waals surface area contributed by atoms with Crippen molar-refractivity contribution in [2.45, 2.75) is 26.4 Å². The van der Waals surface area contributed by atoms with Crippen LogP contribution in [0.25, 0.3) is 6.08 Å². The first kappa shape index (κ1) is 18.4. The average Bonchev–Trinajstić information content (AvgIpc) is 2.98. The Morgan fingerprint density at radius 3 is 2.41 bits per heavy atom. The minimum atomic E-state index is -0.799. The summed E-state index contributed by atoms with van der Waals surface area (Å²) in [6, 6.07) is 15.3. The van der Waals surface area contributed by atoms with E-state index in [1.54, 1.807) is 12.1 Å². The molecule has 1 heterocycles. The number of hydroxylamine groups is 2. The number of hydrogen-bond acceptors (Lipinski definition) is 5. The van der Waals surface area contributed by atoms with Gasteiger partial charge in [0.15, 0.2) is 0 Å². The molecule has 2 amide bonds. The molecule has 27 heavy (non-hydrogen) atoms. The number of benzene rings is 2. The van der Waals surface area contributed by atoms with Crippen molar-refractivity contribution >= 4 is 23.9 Å². The number of aryl methyl sites for hydroxylation is 1. The van der Waals surface area contributed by atoms with Crippen LogP contribution in [-0.2, 0) is 25.8 Å². The van der Waals surface area contributed by atoms with E-state index in [0.29, 0.717) is 23.0 Å². The molecule has 6 nitrogen and oxygen atoms in total. The predicted octanol–water partition coefficient (Wildman–Crippen LogP) is 3.19. The van der Waals surface area contributed by atoms with Crippen LogP contribution in [0.5, 0.6) is 5.75 Å². The number of carbonyl (C=O) groups excluding carboxylic acids is 3. The summed E-state index contributed by atoms with van der Waals surface area (Å²) in [5.41, 5.74) is 2.89. The van der Waals surface area contributed by atoms with E-state index in [1.165, 1.54) is 11.6 Å². The molecular formula is C21H19NO5. The van der Waals surface area contributed by atoms with Crippen LogP contribution in [0.15, 0.2) is 54.6 Å². The van der Waals surface area contributed by atoms with Crippen molar-refractivity contribution in [3.8, 4) is 5.75 Å². The fraction of sp³-hybridized carbons (Fsp3) is 0.190. The van der Waals surface area contributed by atoms with Gasteiger partial charge in [-0.05, 0) is 24.6 Å². The van der Waals surface area contributed by atoms with Gasteiger partial charge in [0.1, 0.15) is 12.4 Å². The van der Waals surface area contributed by atoms with Gasteiger partial charge in [-0.15, -0.1) is 5.06 Å². The quantitative estimate of drug-likeness (QED) is 0.581. The van der Waals surface area contributed by atoms with Crippen LogP contribution in [0.3, 0.4) is 0 Å². The van der Waals surface area contributed by atoms with Gasteiger partial charge < -0.3 is 9.57 Å². The van der Waals surface area contributed by atoms with Crippen LogP contribution in [-0.4, -0.2) is 22.8 Å². The van der Waals surface area contributed by atoms with E-state index in [4.69, 9.17) is 9.57 Å². The van der Waals surface area contributed by atoms with Crippen LogP contribution in [0, 0.1) is 6.92 Å². The molecule has 2 aromatic rings. The molecule has 0 unspecified atom stereocenters. The first-order chi connectivity index (χ1) is 13.0. The molecule has 0 spiro atoms. The monoisotopic (exact) mass is 365 g/mol. The van der Waals surface area contributed by atoms with Gasteiger partial charge >= 0.3 is 5.97 Å². The molecule has 0 atom stereocenters. The van der Waals surface area contributed by atoms with E-state index in [2.05, 4.69) is 0 Å². The fourth-order valence-corrected chi connectivity index (χ4v) is 2.53. The summed E-state index contributed by atoms with van der Waals surface area (Å²) in [6.45, 7) is 2.42. The largest absolute Gasteiger partial charge is 0.488 e. The van der Waals surface area contributed by atoms with Crippen molar-refractivity contribution in [3.63, 3.8) is 0 Å². The highest BCUT2D eigenvalue weighted by molar-refractivity contribution is 6.02. The van der Waals surface area contributed by atoms with Gasteiger partial charge in [0, 0.05) is 24.5 Å². The van der Waals surface area contributed by atoms with Crippen LogP contribution in [0.1, 0.15) is 29.5 Å². The second kappa shape index (κ2) is 8.31. The number of ether oxygens (including phenoxy) is 1. The Morgan fingerprint density at radius 1 is 1.04 bits per heavy atom. The van der Waals surface area contributed by atoms with Gasteiger partial charge in [0.25, 0.3) is 11.8 Å². The summed E-state index contributed by atoms with van der Waals surface area (Å²) in [4.78, 5) is 39.6. The number of nitrogens with zero attached hydrogens (tertiary/aromatic N) is 1. The highest BCUT2D eigenvalue weighted by atomic mass is 16.7. The number of amides is 2. The smallest absolute Gasteiger partial charge is 0.356 e. The Bertz CT molecular complexity index is 870. The minimum absolute atomic E-state index is 0.0610. The van der Waals surface area contributed by atoms with Crippen LogP contribution >= 0.6 is 0 Å². The zero-order valence-electron chi connectivity index (χ0n) is 14.9. The van der Waals surface area contributed by atoms with Crippen molar-refractivity contribution < 1.29 is 24.0 Å². The lowest BCUT2D eigenvalue weighted by molar-refractivity contribution is -0.193. The molecule has 0 aromatic heterocycles. The third kappa shape index (κ3) is 4.82. The molecule has 0 bridgehead atoms. The maximum Gasteiger partial charge on any atom is 0.356 e. The van der Waals surface area contributed by atoms with E-state index < -0.39 is 17.8 Å². The Balaban J connectivity index is 1.63. The molecule has 138 valence electrons. The molecule has 0 aliphatic carbocycles. The number of carbonyl (C=O) groups is 3. The Kier molecular flexibility index (Phi) is 5.66. The lowest BCUT2D eigenvalue weighted by atomic mass is 10.1. The molecule has 1 saturated heterocycles. The van der Waals surface area contributed by atoms with E-state index in [9.17, 15) is 14.4 Å². The van der Waals surface area contributed by atoms with E-state index in [0.717, 1.165) is 11.6 Å². The van der Waals surface area contributed by atoms with Crippen molar-refractivity contribution in [3.05, 3.63) is 71.3 Å². The van der Waals surface area contributed by atoms with E-state index >= 15 is 0 Å². The maximum atomic E-state index is 11.9. The highest BCUT2D eigenvalue weighted by Gasteiger charge is 2.32. The molecule has 6 heteroatoms. The Hall–Kier alpha value is -3.41. The Labute approximate surface area is 157 Å². The lowest BCUT2D eigenvalue weighted by Crippen LogP contribution is -2.31. The van der Waals surface area contributed by atoms with Gasteiger partial charge in [-0.25, -0.2) is 4.79 Å². The molecule has 2 aromatic carbocycles. The minimum Gasteiger partial charge on any atom is -0.488 e. The third-order valence-corrected chi connectivity index (χ3v) is 4.02. The maximum absolute atomic E-state index is 11.9. The zero-order chi connectivity index (χ0) is 19.2. The van der Waals surface area contributed by atoms with Crippen molar-refractivity contribution in [2.24, 2.45) is 0 Å². The van der Waals surface area contributed by atoms with Gasteiger partial charge in [0.05, 0.1) is 0 Å². The zero-order valence-corrected chi connectivity index (χ0v) is 14.9. The van der Waals surface area contributed by atoms with Crippen LogP contribution in [0.2, 0.25) is 0 Å². The Morgan fingerprint density at radius 2 is 1.70 bits per heavy atom. The molecule has 3 rings (SSSR count). The standard InChI is InChI=1S/C21H19NO5/c1-15-6-8-16(9-7-15)14-26-18-5-3-2-4-17(18)10-13-21(25)27-22-19(23)11-12-20(22)24/h2-10,13H,11-12,14H2,1H3/b13-10+. The topological polar surface area (TPSA) is 72.9 Å². The van der Waals surface area contributed by atoms with Crippen LogP contribution < -0.4 is 4.74 Å². The molecule has 0 N–H and O–H groups in total. The molecule has 0 radical (unpaired) electrons. The summed E-state index contributed by atoms with van der Waals surface area (Å²) in [5, 5.41) is 0.520. The van der Waals surface area contributed by atoms with Gasteiger partial charge in [-0.2, -0.15) is 0 Å². The summed E-state index contributed by atoms with van der Waals surface area (Å²) in [6.07, 6.45) is 2.81. The molecular weight excluding hydrogens is 346 g/mol. The van der Waals surface area contributed by atoms with Gasteiger partial charge in [-0.1, -0.05) is 48.0 Å². The predicted molar refractivity (Wildman–Crippen MR) is 98.2 cm³/mol. The summed E-state index contributed by atoms with van der Waals surface area (Å²) < 4.78 is 5.84. The molecule has 1 fully saturated rings. The van der Waals surface area contributed by atoms with E-state index in [-0.39, 0.29) is 12.8 Å². The first-order valence-corrected chi connectivity index (χ1v) is 8.56. The fourth-order valence-electron chi connectivity index (χ4n) is 2.53. The highest BCUT2D eigenvalue weighted by Crippen LogP contribution is 2.21. The van der Waals surface area contributed by atoms with Gasteiger partial charge in [0.2, 0.25) is 0 Å². The normalized spacial score (nSPS) is 14.0. The molecule has 1 aliphatic rings. The number of hydrogen-bond donors (Lipinski definition) is 0. The average molecular weight is 365 g/mol. The second-order valence-corrected chi connectivity index (χ2v) is 6.14. The van der Waals surface area contributed by atoms with Crippen LogP contribution in [0.4, 0.5) is 0 Å². The summed E-state index contributed by atoms with van der Waals surface area (Å²) in [7, 11) is 0. The molecule has 0 saturated carbocycles. The number of rotatable bonds is 6. The van der Waals surface area contributed by atoms with Crippen molar-refractivity contribution in [2.75, 3.05) is 0 Å². The lowest BCUT2D eigenvalue weighted by Gasteiger charge is -2.11. The number of imide groups is 1.